The predicted octanol–water partition coefficient (Wildman–Crippen LogP) is 0.631. The summed E-state index contributed by atoms with van der Waals surface area (Å²) in [6.07, 6.45) is 2.40. The summed E-state index contributed by atoms with van der Waals surface area (Å²) in [5.41, 5.74) is -0.776. The Morgan fingerprint density at radius 3 is 2.77 bits per heavy atom. The van der Waals surface area contributed by atoms with Gasteiger partial charge >= 0.3 is 0 Å². The van der Waals surface area contributed by atoms with E-state index in [0.29, 0.717) is 42.3 Å². The lowest BCUT2D eigenvalue weighted by Crippen LogP contribution is -2.62. The molecule has 3 N–H and O–H groups in total. The Morgan fingerprint density at radius 1 is 1.23 bits per heavy atom. The van der Waals surface area contributed by atoms with E-state index in [0.717, 1.165) is 6.42 Å². The molecule has 1 aromatic carbocycles. The van der Waals surface area contributed by atoms with Gasteiger partial charge in [0.25, 0.3) is 11.5 Å². The number of hydrogen-bond donors (Lipinski definition) is 3. The molecule has 2 atom stereocenters. The molecule has 4 rings (SSSR count). The maximum absolute atomic E-state index is 13.2. The van der Waals surface area contributed by atoms with Crippen LogP contribution >= 0.6 is 0 Å². The molecule has 2 aliphatic rings. The summed E-state index contributed by atoms with van der Waals surface area (Å²) >= 11 is 0. The first kappa shape index (κ1) is 16.8. The highest BCUT2D eigenvalue weighted by atomic mass is 16.3. The fourth-order valence-corrected chi connectivity index (χ4v) is 4.17. The van der Waals surface area contributed by atoms with E-state index in [4.69, 9.17) is 0 Å². The molecule has 7 heteroatoms. The number of aliphatic hydroxyl groups is 1. The number of pyridine rings is 1. The molecule has 0 radical (unpaired) electrons. The van der Waals surface area contributed by atoms with Crippen LogP contribution in [0.5, 0.6) is 0 Å². The normalized spacial score (nSPS) is 26.1. The third kappa shape index (κ3) is 2.50. The Kier molecular flexibility index (Phi) is 4.03. The molecular weight excluding hydrogens is 334 g/mol. The molecular formula is C19H21N3O4. The number of carbonyl (C=O) groups is 2. The number of aliphatic hydroxyl groups excluding tert-OH is 1. The van der Waals surface area contributed by atoms with Crippen LogP contribution in [0.4, 0.5) is 0 Å². The lowest BCUT2D eigenvalue weighted by molar-refractivity contribution is -0.147. The maximum Gasteiger partial charge on any atom is 0.256 e. The predicted molar refractivity (Wildman–Crippen MR) is 95.8 cm³/mol. The second-order valence-corrected chi connectivity index (χ2v) is 7.12. The van der Waals surface area contributed by atoms with Crippen LogP contribution in [-0.2, 0) is 4.79 Å². The molecule has 0 bridgehead atoms. The van der Waals surface area contributed by atoms with Crippen molar-refractivity contribution in [3.05, 3.63) is 46.4 Å². The third-order valence-corrected chi connectivity index (χ3v) is 5.65. The molecule has 2 aliphatic heterocycles. The van der Waals surface area contributed by atoms with Crippen LogP contribution in [0.1, 0.15) is 29.6 Å². The van der Waals surface area contributed by atoms with Crippen LogP contribution in [0.25, 0.3) is 10.8 Å². The maximum atomic E-state index is 13.2. The van der Waals surface area contributed by atoms with E-state index in [1.54, 1.807) is 29.2 Å². The molecule has 2 amide bonds. The zero-order valence-corrected chi connectivity index (χ0v) is 14.3. The van der Waals surface area contributed by atoms with Crippen LogP contribution in [0.2, 0.25) is 0 Å². The van der Waals surface area contributed by atoms with Crippen molar-refractivity contribution in [1.82, 2.24) is 15.2 Å². The molecule has 2 aromatic rings. The summed E-state index contributed by atoms with van der Waals surface area (Å²) < 4.78 is 0. The van der Waals surface area contributed by atoms with E-state index >= 15 is 0 Å². The van der Waals surface area contributed by atoms with Gasteiger partial charge in [0.15, 0.2) is 0 Å². The fourth-order valence-electron chi connectivity index (χ4n) is 4.17. The quantitative estimate of drug-likeness (QED) is 0.698. The highest BCUT2D eigenvalue weighted by Crippen LogP contribution is 2.37. The first-order valence-electron chi connectivity index (χ1n) is 8.89. The van der Waals surface area contributed by atoms with Crippen molar-refractivity contribution < 1.29 is 14.7 Å². The van der Waals surface area contributed by atoms with E-state index in [1.165, 1.54) is 6.20 Å². The van der Waals surface area contributed by atoms with Crippen molar-refractivity contribution in [2.75, 3.05) is 19.6 Å². The van der Waals surface area contributed by atoms with Gasteiger partial charge in [-0.25, -0.2) is 0 Å². The van der Waals surface area contributed by atoms with Crippen molar-refractivity contribution >= 4 is 22.6 Å². The van der Waals surface area contributed by atoms with Crippen LogP contribution < -0.4 is 10.9 Å². The largest absolute Gasteiger partial charge is 0.392 e. The number of H-pyrrole nitrogens is 1. The van der Waals surface area contributed by atoms with Gasteiger partial charge in [0, 0.05) is 36.6 Å². The second kappa shape index (κ2) is 6.25. The summed E-state index contributed by atoms with van der Waals surface area (Å²) in [5.74, 6) is -0.415. The minimum Gasteiger partial charge on any atom is -0.392 e. The number of fused-ring (bicyclic) bond motifs is 1. The van der Waals surface area contributed by atoms with Crippen LogP contribution in [0.3, 0.4) is 0 Å². The highest BCUT2D eigenvalue weighted by Gasteiger charge is 2.50. The third-order valence-electron chi connectivity index (χ3n) is 5.65. The van der Waals surface area contributed by atoms with E-state index in [9.17, 15) is 19.5 Å². The summed E-state index contributed by atoms with van der Waals surface area (Å²) in [5, 5.41) is 14.4. The molecule has 136 valence electrons. The first-order valence-corrected chi connectivity index (χ1v) is 8.89. The van der Waals surface area contributed by atoms with Gasteiger partial charge in [0.05, 0.1) is 17.1 Å². The number of carbonyl (C=O) groups excluding carboxylic acids is 2. The Bertz CT molecular complexity index is 938. The molecule has 0 unspecified atom stereocenters. The number of likely N-dealkylation sites (tertiary alicyclic amines) is 1. The average Bonchev–Trinajstić information content (AvgIpc) is 2.66. The highest BCUT2D eigenvalue weighted by molar-refractivity contribution is 6.06. The summed E-state index contributed by atoms with van der Waals surface area (Å²) in [6.45, 7) is 1.17. The number of aromatic nitrogens is 1. The second-order valence-electron chi connectivity index (χ2n) is 7.12. The Balaban J connectivity index is 1.70. The van der Waals surface area contributed by atoms with E-state index in [1.807, 2.05) is 0 Å². The Morgan fingerprint density at radius 2 is 2.00 bits per heavy atom. The van der Waals surface area contributed by atoms with E-state index in [-0.39, 0.29) is 23.9 Å². The number of nitrogens with zero attached hydrogens (tertiary/aromatic N) is 1. The van der Waals surface area contributed by atoms with Crippen LogP contribution in [0.15, 0.2) is 35.3 Å². The number of benzene rings is 1. The topological polar surface area (TPSA) is 102 Å². The van der Waals surface area contributed by atoms with Gasteiger partial charge in [0.1, 0.15) is 0 Å². The number of nitrogens with one attached hydrogen (secondary N) is 2. The van der Waals surface area contributed by atoms with E-state index in [2.05, 4.69) is 10.3 Å². The molecule has 1 spiro atoms. The fraction of sp³-hybridized carbons (Fsp3) is 0.421. The van der Waals surface area contributed by atoms with Gasteiger partial charge in [-0.2, -0.15) is 0 Å². The van der Waals surface area contributed by atoms with Gasteiger partial charge in [-0.3, -0.25) is 14.4 Å². The number of rotatable bonds is 1. The number of amides is 2. The Hall–Kier alpha value is -2.67. The molecule has 1 aromatic heterocycles. The van der Waals surface area contributed by atoms with Crippen molar-refractivity contribution in [1.29, 1.82) is 0 Å². The summed E-state index contributed by atoms with van der Waals surface area (Å²) in [6, 6.07) is 6.97. The molecule has 7 nitrogen and oxygen atoms in total. The molecule has 0 aliphatic carbocycles. The van der Waals surface area contributed by atoms with Crippen molar-refractivity contribution in [3.8, 4) is 0 Å². The van der Waals surface area contributed by atoms with Gasteiger partial charge in [-0.1, -0.05) is 18.2 Å². The summed E-state index contributed by atoms with van der Waals surface area (Å²) in [4.78, 5) is 41.9. The van der Waals surface area contributed by atoms with Crippen LogP contribution in [-0.4, -0.2) is 52.5 Å². The Labute approximate surface area is 150 Å². The number of aromatic amines is 1. The zero-order valence-electron chi connectivity index (χ0n) is 14.3. The molecule has 3 heterocycles. The minimum absolute atomic E-state index is 0.180. The zero-order chi connectivity index (χ0) is 18.3. The lowest BCUT2D eigenvalue weighted by atomic mass is 9.71. The smallest absolute Gasteiger partial charge is 0.256 e. The monoisotopic (exact) mass is 355 g/mol. The van der Waals surface area contributed by atoms with Gasteiger partial charge < -0.3 is 20.3 Å². The lowest BCUT2D eigenvalue weighted by Gasteiger charge is -2.46. The first-order chi connectivity index (χ1) is 12.5. The van der Waals surface area contributed by atoms with Gasteiger partial charge in [0.2, 0.25) is 5.91 Å². The minimum atomic E-state index is -0.940. The average molecular weight is 355 g/mol. The SMILES string of the molecule is O=C(c1c[nH]c(=O)c2ccccc12)N1CC[C@H](O)[C@@]2(CCCNC2=O)C1. The van der Waals surface area contributed by atoms with Crippen LogP contribution in [0, 0.1) is 5.41 Å². The number of hydrogen-bond acceptors (Lipinski definition) is 4. The number of piperidine rings is 2. The van der Waals surface area contributed by atoms with Crippen molar-refractivity contribution in [2.45, 2.75) is 25.4 Å². The van der Waals surface area contributed by atoms with Crippen molar-refractivity contribution in [2.24, 2.45) is 5.41 Å². The van der Waals surface area contributed by atoms with Gasteiger partial charge in [-0.15, -0.1) is 0 Å². The molecule has 26 heavy (non-hydrogen) atoms. The van der Waals surface area contributed by atoms with Crippen molar-refractivity contribution in [3.63, 3.8) is 0 Å². The molecule has 2 fully saturated rings. The van der Waals surface area contributed by atoms with Gasteiger partial charge in [-0.05, 0) is 25.3 Å². The molecule has 0 saturated carbocycles. The summed E-state index contributed by atoms with van der Waals surface area (Å²) in [7, 11) is 0. The molecule has 2 saturated heterocycles. The standard InChI is InChI=1S/C19H21N3O4/c23-15-6-9-22(11-19(15)7-3-8-20-18(19)26)17(25)14-10-21-16(24)13-5-2-1-4-12(13)14/h1-2,4-5,10,15,23H,3,6-9,11H2,(H,20,26)(H,21,24)/t15-,19+/m0/s1. The van der Waals surface area contributed by atoms with E-state index < -0.39 is 11.5 Å².